The molecule has 3 aliphatic heterocycles. The molecule has 0 saturated carbocycles. The lowest BCUT2D eigenvalue weighted by Crippen LogP contribution is -2.51. The third-order valence-electron chi connectivity index (χ3n) is 10.3. The van der Waals surface area contributed by atoms with E-state index in [1.54, 1.807) is 0 Å². The number of nitrogens with zero attached hydrogens (tertiary/aromatic N) is 4. The maximum absolute atomic E-state index is 10.0. The minimum Gasteiger partial charge on any atom is -0.508 e. The normalized spacial score (nSPS) is 22.4. The van der Waals surface area contributed by atoms with E-state index in [0.29, 0.717) is 29.8 Å². The third kappa shape index (κ3) is 8.64. The van der Waals surface area contributed by atoms with Gasteiger partial charge in [-0.3, -0.25) is 4.90 Å². The van der Waals surface area contributed by atoms with Crippen LogP contribution in [0.25, 0.3) is 0 Å². The molecule has 3 aliphatic rings. The molecule has 0 aliphatic carbocycles. The molecule has 0 aromatic heterocycles. The molecule has 6 nitrogen and oxygen atoms in total. The van der Waals surface area contributed by atoms with Crippen LogP contribution in [-0.4, -0.2) is 98.4 Å². The fourth-order valence-corrected chi connectivity index (χ4v) is 8.62. The van der Waals surface area contributed by atoms with Crippen molar-refractivity contribution in [1.29, 1.82) is 0 Å². The molecule has 4 atom stereocenters. The lowest BCUT2D eigenvalue weighted by molar-refractivity contribution is 0.159. The van der Waals surface area contributed by atoms with Crippen LogP contribution in [0.2, 0.25) is 0 Å². The quantitative estimate of drug-likeness (QED) is 0.199. The molecule has 250 valence electrons. The van der Waals surface area contributed by atoms with Crippen molar-refractivity contribution in [2.75, 3.05) is 39.3 Å². The Labute approximate surface area is 292 Å². The van der Waals surface area contributed by atoms with E-state index >= 15 is 0 Å². The van der Waals surface area contributed by atoms with Gasteiger partial charge in [-0.1, -0.05) is 86.6 Å². The number of benzene rings is 3. The van der Waals surface area contributed by atoms with Gasteiger partial charge in [0.2, 0.25) is 0 Å². The van der Waals surface area contributed by atoms with Crippen LogP contribution in [0.3, 0.4) is 0 Å². The van der Waals surface area contributed by atoms with Gasteiger partial charge in [-0.05, 0) is 104 Å². The molecule has 0 amide bonds. The zero-order chi connectivity index (χ0) is 32.8. The van der Waals surface area contributed by atoms with Crippen LogP contribution in [0, 0.1) is 5.92 Å². The summed E-state index contributed by atoms with van der Waals surface area (Å²) in [5.74, 6) is 0.910. The van der Waals surface area contributed by atoms with E-state index in [1.807, 2.05) is 12.1 Å². The highest BCUT2D eigenvalue weighted by molar-refractivity contribution is 7.80. The summed E-state index contributed by atoms with van der Waals surface area (Å²) in [4.78, 5) is 10.3. The van der Waals surface area contributed by atoms with Gasteiger partial charge in [0.05, 0.1) is 6.04 Å². The molecule has 47 heavy (non-hydrogen) atoms. The van der Waals surface area contributed by atoms with Gasteiger partial charge in [-0.25, -0.2) is 0 Å². The minimum absolute atomic E-state index is 0.243. The molecule has 0 radical (unpaired) electrons. The van der Waals surface area contributed by atoms with E-state index in [1.165, 1.54) is 29.5 Å². The molecule has 3 aromatic rings. The summed E-state index contributed by atoms with van der Waals surface area (Å²) in [7, 11) is 0. The first-order valence-corrected chi connectivity index (χ1v) is 18.4. The van der Waals surface area contributed by atoms with Gasteiger partial charge in [-0.2, -0.15) is 0 Å². The van der Waals surface area contributed by atoms with Crippen molar-refractivity contribution in [3.05, 3.63) is 102 Å². The monoisotopic (exact) mass is 669 g/mol. The minimum atomic E-state index is 0.243. The fraction of sp³-hybridized carbons (Fsp3) is 0.487. The number of phenols is 1. The largest absolute Gasteiger partial charge is 0.508 e. The van der Waals surface area contributed by atoms with Gasteiger partial charge in [0.1, 0.15) is 5.75 Å². The molecule has 3 saturated heterocycles. The summed E-state index contributed by atoms with van der Waals surface area (Å²) in [5.41, 5.74) is 3.96. The highest BCUT2D eigenvalue weighted by Crippen LogP contribution is 2.29. The van der Waals surface area contributed by atoms with E-state index in [-0.39, 0.29) is 6.04 Å². The highest BCUT2D eigenvalue weighted by atomic mass is 32.1. The molecule has 0 unspecified atom stereocenters. The number of thiocarbonyl (C=S) groups is 2. The number of hydrogen-bond acceptors (Lipinski definition) is 4. The average Bonchev–Trinajstić information content (AvgIpc) is 3.75. The summed E-state index contributed by atoms with van der Waals surface area (Å²) in [6.45, 7) is 10.5. The molecule has 0 spiro atoms. The Hall–Kier alpha value is -3.20. The molecule has 0 bridgehead atoms. The molecule has 2 N–H and O–H groups in total. The third-order valence-corrected chi connectivity index (χ3v) is 11.1. The predicted octanol–water partition coefficient (Wildman–Crippen LogP) is 6.13. The Kier molecular flexibility index (Phi) is 11.3. The van der Waals surface area contributed by atoms with Crippen LogP contribution in [0.4, 0.5) is 0 Å². The van der Waals surface area contributed by atoms with Crippen LogP contribution in [-0.2, 0) is 19.3 Å². The number of hydrogen-bond donors (Lipinski definition) is 2. The summed E-state index contributed by atoms with van der Waals surface area (Å²) in [6.07, 6.45) is 6.41. The van der Waals surface area contributed by atoms with Gasteiger partial charge in [0.25, 0.3) is 0 Å². The van der Waals surface area contributed by atoms with E-state index < -0.39 is 0 Å². The zero-order valence-corrected chi connectivity index (χ0v) is 29.6. The lowest BCUT2D eigenvalue weighted by atomic mass is 10.0. The Balaban J connectivity index is 1.20. The van der Waals surface area contributed by atoms with Crippen molar-refractivity contribution in [1.82, 2.24) is 24.9 Å². The highest BCUT2D eigenvalue weighted by Gasteiger charge is 2.40. The van der Waals surface area contributed by atoms with Gasteiger partial charge in [0, 0.05) is 50.8 Å². The van der Waals surface area contributed by atoms with E-state index in [0.717, 1.165) is 75.2 Å². The fourth-order valence-electron chi connectivity index (χ4n) is 7.85. The van der Waals surface area contributed by atoms with Crippen molar-refractivity contribution in [3.63, 3.8) is 0 Å². The van der Waals surface area contributed by atoms with Crippen LogP contribution in [0.15, 0.2) is 84.9 Å². The molecule has 8 heteroatoms. The molecule has 3 heterocycles. The summed E-state index contributed by atoms with van der Waals surface area (Å²) < 4.78 is 0. The molecular formula is C39H51N5OS2. The van der Waals surface area contributed by atoms with E-state index in [9.17, 15) is 5.11 Å². The standard InChI is InChI=1S/C39H51N5OS2/c1-29(2)22-35-28-44(39(47)42(35)21-19-30-10-5-3-6-11-30)36(24-32-15-17-37(45)18-16-32)26-41-20-9-14-33(41)27-43-34(25-40-38(43)46)23-31-12-7-4-8-13-31/h3-8,10-13,15-18,29,33-36,45H,9,14,19-28H2,1-2H3,(H,40,46)/t33-,34+,35+,36+/m1/s1. The zero-order valence-electron chi connectivity index (χ0n) is 28.0. The van der Waals surface area contributed by atoms with Crippen molar-refractivity contribution >= 4 is 34.7 Å². The number of nitrogens with one attached hydrogen (secondary N) is 1. The Morgan fingerprint density at radius 1 is 0.830 bits per heavy atom. The second kappa shape index (κ2) is 15.8. The average molecular weight is 670 g/mol. The first-order chi connectivity index (χ1) is 22.8. The SMILES string of the molecule is CC(C)C[C@H]1CN([C@@H](Cc2ccc(O)cc2)CN2CCC[C@@H]2CN2C(=S)NC[C@@H]2Cc2ccccc2)C(=S)N1CCc1ccccc1. The molecule has 6 rings (SSSR count). The molecule has 3 aromatic carbocycles. The number of rotatable bonds is 14. The maximum Gasteiger partial charge on any atom is 0.172 e. The van der Waals surface area contributed by atoms with E-state index in [2.05, 4.69) is 112 Å². The van der Waals surface area contributed by atoms with Gasteiger partial charge < -0.3 is 25.1 Å². The van der Waals surface area contributed by atoms with Crippen LogP contribution < -0.4 is 5.32 Å². The topological polar surface area (TPSA) is 45.2 Å². The van der Waals surface area contributed by atoms with Crippen molar-refractivity contribution in [2.24, 2.45) is 5.92 Å². The van der Waals surface area contributed by atoms with Gasteiger partial charge >= 0.3 is 0 Å². The Bertz CT molecular complexity index is 1450. The smallest absolute Gasteiger partial charge is 0.172 e. The first-order valence-electron chi connectivity index (χ1n) is 17.6. The summed E-state index contributed by atoms with van der Waals surface area (Å²) in [6, 6.07) is 30.8. The first kappa shape index (κ1) is 33.7. The lowest BCUT2D eigenvalue weighted by Gasteiger charge is -2.37. The predicted molar refractivity (Wildman–Crippen MR) is 201 cm³/mol. The van der Waals surface area contributed by atoms with Crippen LogP contribution in [0.1, 0.15) is 49.8 Å². The second-order valence-electron chi connectivity index (χ2n) is 14.1. The van der Waals surface area contributed by atoms with Gasteiger partial charge in [0.15, 0.2) is 10.2 Å². The van der Waals surface area contributed by atoms with Crippen LogP contribution >= 0.6 is 24.4 Å². The summed E-state index contributed by atoms with van der Waals surface area (Å²) >= 11 is 12.2. The van der Waals surface area contributed by atoms with Crippen molar-refractivity contribution in [3.8, 4) is 5.75 Å². The maximum atomic E-state index is 10.0. The number of aromatic hydroxyl groups is 1. The van der Waals surface area contributed by atoms with Crippen LogP contribution in [0.5, 0.6) is 5.75 Å². The Morgan fingerprint density at radius 3 is 2.23 bits per heavy atom. The van der Waals surface area contributed by atoms with Gasteiger partial charge in [-0.15, -0.1) is 0 Å². The number of phenolic OH excluding ortho intramolecular Hbond substituents is 1. The Morgan fingerprint density at radius 2 is 1.53 bits per heavy atom. The number of likely N-dealkylation sites (tertiary alicyclic amines) is 1. The molecule has 3 fully saturated rings. The van der Waals surface area contributed by atoms with Crippen molar-refractivity contribution < 1.29 is 5.11 Å². The summed E-state index contributed by atoms with van der Waals surface area (Å²) in [5, 5.41) is 15.4. The second-order valence-corrected chi connectivity index (χ2v) is 14.9. The van der Waals surface area contributed by atoms with Crippen molar-refractivity contribution in [2.45, 2.75) is 76.5 Å². The van der Waals surface area contributed by atoms with E-state index in [4.69, 9.17) is 24.4 Å². The molecular weight excluding hydrogens is 619 g/mol.